The highest BCUT2D eigenvalue weighted by Crippen LogP contribution is 2.18. The molecule has 1 aliphatic rings. The van der Waals surface area contributed by atoms with Gasteiger partial charge in [-0.2, -0.15) is 0 Å². The van der Waals surface area contributed by atoms with Crippen LogP contribution in [0.1, 0.15) is 37.9 Å². The Kier molecular flexibility index (Phi) is 8.57. The van der Waals surface area contributed by atoms with Gasteiger partial charge in [-0.3, -0.25) is 14.4 Å². The first-order valence-electron chi connectivity index (χ1n) is 11.1. The van der Waals surface area contributed by atoms with Crippen molar-refractivity contribution in [2.24, 2.45) is 5.92 Å². The molecule has 1 amide bonds. The van der Waals surface area contributed by atoms with Gasteiger partial charge < -0.3 is 14.7 Å². The van der Waals surface area contributed by atoms with E-state index in [0.717, 1.165) is 18.8 Å². The second kappa shape index (κ2) is 11.4. The highest BCUT2D eigenvalue weighted by molar-refractivity contribution is 5.76. The third kappa shape index (κ3) is 6.85. The van der Waals surface area contributed by atoms with Crippen molar-refractivity contribution in [3.8, 4) is 0 Å². The number of nitrogens with zero attached hydrogens (tertiary/aromatic N) is 5. The number of hydrogen-bond donors (Lipinski definition) is 1. The van der Waals surface area contributed by atoms with Crippen molar-refractivity contribution in [2.45, 2.75) is 58.5 Å². The third-order valence-electron chi connectivity index (χ3n) is 5.83. The van der Waals surface area contributed by atoms with Crippen LogP contribution in [0.25, 0.3) is 0 Å². The lowest BCUT2D eigenvalue weighted by atomic mass is 10.0. The molecule has 0 fully saturated rings. The van der Waals surface area contributed by atoms with E-state index in [1.165, 1.54) is 5.56 Å². The summed E-state index contributed by atoms with van der Waals surface area (Å²) in [7, 11) is 2.08. The summed E-state index contributed by atoms with van der Waals surface area (Å²) in [6.07, 6.45) is 2.91. The van der Waals surface area contributed by atoms with Gasteiger partial charge in [0.05, 0.1) is 31.6 Å². The Morgan fingerprint density at radius 1 is 1.32 bits per heavy atom. The molecule has 1 aromatic carbocycles. The first kappa shape index (κ1) is 23.4. The average molecular weight is 430 g/mol. The van der Waals surface area contributed by atoms with Gasteiger partial charge in [-0.15, -0.1) is 5.10 Å². The zero-order valence-corrected chi connectivity index (χ0v) is 18.9. The Balaban J connectivity index is 1.76. The van der Waals surface area contributed by atoms with Crippen LogP contribution in [0.2, 0.25) is 0 Å². The molecule has 2 bridgehead atoms. The number of hydrogen-bond acceptors (Lipinski definition) is 6. The molecule has 0 spiro atoms. The second-order valence-corrected chi connectivity index (χ2v) is 8.66. The van der Waals surface area contributed by atoms with Crippen molar-refractivity contribution >= 4 is 5.91 Å². The van der Waals surface area contributed by atoms with E-state index < -0.39 is 0 Å². The number of amides is 1. The van der Waals surface area contributed by atoms with Crippen molar-refractivity contribution in [3.05, 3.63) is 47.8 Å². The number of aromatic nitrogens is 3. The van der Waals surface area contributed by atoms with Gasteiger partial charge in [-0.05, 0) is 26.0 Å². The van der Waals surface area contributed by atoms with Crippen molar-refractivity contribution < 1.29 is 14.6 Å². The number of carbonyl (C=O) groups is 1. The molecule has 0 saturated heterocycles. The number of fused-ring (bicyclic) bond motifs is 2. The van der Waals surface area contributed by atoms with Gasteiger partial charge in [-0.1, -0.05) is 42.5 Å². The molecule has 8 heteroatoms. The normalized spacial score (nSPS) is 22.0. The summed E-state index contributed by atoms with van der Waals surface area (Å²) >= 11 is 0. The van der Waals surface area contributed by atoms with E-state index in [4.69, 9.17) is 4.74 Å². The van der Waals surface area contributed by atoms with E-state index in [0.29, 0.717) is 32.5 Å². The van der Waals surface area contributed by atoms with Crippen molar-refractivity contribution in [1.82, 2.24) is 24.8 Å². The standard InChI is InChI=1S/C23H35N5O3/c1-18-12-28(19(2)16-29)23(30)10-7-11-27-14-21(24-25-27)17-31-22(18)15-26(3)13-20-8-5-4-6-9-20/h4-6,8-9,14,18-19,22,29H,7,10-13,15-17H2,1-3H3/t18-,19+,22+/m1/s1. The Bertz CT molecular complexity index is 813. The topological polar surface area (TPSA) is 83.7 Å². The maximum atomic E-state index is 12.9. The molecule has 3 rings (SSSR count). The molecule has 31 heavy (non-hydrogen) atoms. The minimum atomic E-state index is -0.222. The predicted molar refractivity (Wildman–Crippen MR) is 118 cm³/mol. The second-order valence-electron chi connectivity index (χ2n) is 8.66. The van der Waals surface area contributed by atoms with Crippen LogP contribution in [-0.4, -0.2) is 74.7 Å². The highest BCUT2D eigenvalue weighted by Gasteiger charge is 2.27. The Labute approximate surface area is 184 Å². The summed E-state index contributed by atoms with van der Waals surface area (Å²) in [5.41, 5.74) is 2.05. The maximum Gasteiger partial charge on any atom is 0.222 e. The summed E-state index contributed by atoms with van der Waals surface area (Å²) in [5, 5.41) is 18.1. The molecule has 2 heterocycles. The van der Waals surface area contributed by atoms with Crippen LogP contribution >= 0.6 is 0 Å². The van der Waals surface area contributed by atoms with Crippen LogP contribution < -0.4 is 0 Å². The summed E-state index contributed by atoms with van der Waals surface area (Å²) in [5.74, 6) is 0.149. The van der Waals surface area contributed by atoms with Gasteiger partial charge in [0.1, 0.15) is 5.69 Å². The van der Waals surface area contributed by atoms with Gasteiger partial charge in [0.2, 0.25) is 5.91 Å². The number of carbonyl (C=O) groups excluding carboxylic acids is 1. The summed E-state index contributed by atoms with van der Waals surface area (Å²) in [4.78, 5) is 17.0. The van der Waals surface area contributed by atoms with Gasteiger partial charge in [0.15, 0.2) is 0 Å². The van der Waals surface area contributed by atoms with Crippen LogP contribution in [0.4, 0.5) is 0 Å². The monoisotopic (exact) mass is 429 g/mol. The molecule has 2 aromatic rings. The van der Waals surface area contributed by atoms with Crippen LogP contribution in [-0.2, 0) is 29.2 Å². The van der Waals surface area contributed by atoms with E-state index in [1.54, 1.807) is 4.68 Å². The van der Waals surface area contributed by atoms with Crippen LogP contribution in [0.5, 0.6) is 0 Å². The van der Waals surface area contributed by atoms with E-state index in [1.807, 2.05) is 36.2 Å². The molecule has 1 N–H and O–H groups in total. The van der Waals surface area contributed by atoms with Crippen molar-refractivity contribution in [1.29, 1.82) is 0 Å². The molecular formula is C23H35N5O3. The quantitative estimate of drug-likeness (QED) is 0.756. The zero-order chi connectivity index (χ0) is 22.2. The fourth-order valence-electron chi connectivity index (χ4n) is 3.96. The number of aliphatic hydroxyl groups is 1. The van der Waals surface area contributed by atoms with Gasteiger partial charge >= 0.3 is 0 Å². The number of rotatable bonds is 6. The molecule has 0 unspecified atom stereocenters. The fraction of sp³-hybridized carbons (Fsp3) is 0.609. The minimum absolute atomic E-state index is 0.0517. The molecule has 8 nitrogen and oxygen atoms in total. The third-order valence-corrected chi connectivity index (χ3v) is 5.83. The average Bonchev–Trinajstić information content (AvgIpc) is 3.22. The smallest absolute Gasteiger partial charge is 0.222 e. The molecule has 3 atom stereocenters. The number of aliphatic hydroxyl groups excluding tert-OH is 1. The first-order valence-corrected chi connectivity index (χ1v) is 11.1. The van der Waals surface area contributed by atoms with Gasteiger partial charge in [0, 0.05) is 38.5 Å². The van der Waals surface area contributed by atoms with Gasteiger partial charge in [0.25, 0.3) is 0 Å². The number of ether oxygens (including phenoxy) is 1. The lowest BCUT2D eigenvalue weighted by molar-refractivity contribution is -0.136. The lowest BCUT2D eigenvalue weighted by Crippen LogP contribution is -2.47. The maximum absolute atomic E-state index is 12.9. The molecule has 1 aliphatic heterocycles. The molecule has 170 valence electrons. The summed E-state index contributed by atoms with van der Waals surface area (Å²) in [6, 6.07) is 10.1. The molecule has 0 aliphatic carbocycles. The van der Waals surface area contributed by atoms with Crippen molar-refractivity contribution in [3.63, 3.8) is 0 Å². The molecular weight excluding hydrogens is 394 g/mol. The first-order chi connectivity index (χ1) is 15.0. The largest absolute Gasteiger partial charge is 0.394 e. The van der Waals surface area contributed by atoms with Crippen molar-refractivity contribution in [2.75, 3.05) is 26.7 Å². The van der Waals surface area contributed by atoms with Crippen LogP contribution in [0.15, 0.2) is 36.5 Å². The van der Waals surface area contributed by atoms with Crippen LogP contribution in [0.3, 0.4) is 0 Å². The highest BCUT2D eigenvalue weighted by atomic mass is 16.5. The van der Waals surface area contributed by atoms with E-state index in [2.05, 4.69) is 41.3 Å². The van der Waals surface area contributed by atoms with Gasteiger partial charge in [-0.25, -0.2) is 0 Å². The Morgan fingerprint density at radius 3 is 2.84 bits per heavy atom. The summed E-state index contributed by atoms with van der Waals surface area (Å²) in [6.45, 7) is 7.07. The lowest BCUT2D eigenvalue weighted by Gasteiger charge is -2.35. The number of aryl methyl sites for hydroxylation is 1. The minimum Gasteiger partial charge on any atom is -0.394 e. The summed E-state index contributed by atoms with van der Waals surface area (Å²) < 4.78 is 8.08. The Hall–Kier alpha value is -2.29. The number of benzene rings is 1. The SMILES string of the molecule is C[C@@H]1CN([C@@H](C)CO)C(=O)CCCn2cc(nn2)CO[C@H]1CN(C)Cc1ccccc1. The number of likely N-dealkylation sites (N-methyl/N-ethyl adjacent to an activating group) is 1. The van der Waals surface area contributed by atoms with E-state index in [9.17, 15) is 9.90 Å². The Morgan fingerprint density at radius 2 is 2.10 bits per heavy atom. The zero-order valence-electron chi connectivity index (χ0n) is 18.9. The van der Waals surface area contributed by atoms with E-state index >= 15 is 0 Å². The molecule has 0 radical (unpaired) electrons. The molecule has 1 aromatic heterocycles. The fourth-order valence-corrected chi connectivity index (χ4v) is 3.96. The predicted octanol–water partition coefficient (Wildman–Crippen LogP) is 1.93. The van der Waals surface area contributed by atoms with E-state index in [-0.39, 0.29) is 30.6 Å². The van der Waals surface area contributed by atoms with Crippen LogP contribution in [0, 0.1) is 5.92 Å². The molecule has 0 saturated carbocycles.